The fraction of sp³-hybridized carbons (Fsp3) is 0.267. The van der Waals surface area contributed by atoms with Crippen molar-refractivity contribution >= 4 is 34.6 Å². The van der Waals surface area contributed by atoms with E-state index in [2.05, 4.69) is 48.4 Å². The molecule has 8 nitrogen and oxygen atoms in total. The van der Waals surface area contributed by atoms with Crippen LogP contribution in [-0.2, 0) is 11.3 Å². The molecule has 9 heteroatoms. The summed E-state index contributed by atoms with van der Waals surface area (Å²) in [6.07, 6.45) is 7.53. The van der Waals surface area contributed by atoms with Gasteiger partial charge in [0.1, 0.15) is 11.8 Å². The predicted octanol–water partition coefficient (Wildman–Crippen LogP) is 5.50. The number of amides is 1. The number of methoxy groups -OCH3 is 1. The van der Waals surface area contributed by atoms with Crippen LogP contribution < -0.4 is 20.3 Å². The molecule has 1 amide bonds. The number of anilines is 2. The molecule has 2 N–H and O–H groups in total. The topological polar surface area (TPSA) is 84.3 Å². The van der Waals surface area contributed by atoms with E-state index in [1.165, 1.54) is 0 Å². The van der Waals surface area contributed by atoms with Gasteiger partial charge in [0.25, 0.3) is 0 Å². The van der Waals surface area contributed by atoms with E-state index in [0.717, 1.165) is 22.6 Å². The Morgan fingerprint density at radius 3 is 2.64 bits per heavy atom. The molecular formula is C30H32N6O2S. The Kier molecular flexibility index (Phi) is 7.34. The first-order valence-electron chi connectivity index (χ1n) is 12.8. The maximum atomic E-state index is 12.7. The van der Waals surface area contributed by atoms with Crippen molar-refractivity contribution in [2.24, 2.45) is 5.41 Å². The summed E-state index contributed by atoms with van der Waals surface area (Å²) in [5.74, 6) is 0.465. The lowest BCUT2D eigenvalue weighted by Gasteiger charge is -2.29. The third kappa shape index (κ3) is 5.49. The summed E-state index contributed by atoms with van der Waals surface area (Å²) in [5, 5.41) is 7.08. The number of nitrogens with zero attached hydrogens (tertiary/aromatic N) is 4. The van der Waals surface area contributed by atoms with Crippen molar-refractivity contribution in [3.8, 4) is 5.75 Å². The first kappa shape index (κ1) is 26.4. The molecule has 3 aromatic heterocycles. The molecule has 200 valence electrons. The van der Waals surface area contributed by atoms with Crippen LogP contribution in [0.1, 0.15) is 49.8 Å². The largest absolute Gasteiger partial charge is 0.494 e. The van der Waals surface area contributed by atoms with E-state index in [0.29, 0.717) is 23.1 Å². The average Bonchev–Trinajstić information content (AvgIpc) is 3.52. The van der Waals surface area contributed by atoms with Crippen molar-refractivity contribution in [1.29, 1.82) is 0 Å². The van der Waals surface area contributed by atoms with Crippen LogP contribution >= 0.6 is 12.2 Å². The number of hydrogen-bond donors (Lipinski definition) is 2. The number of thiocarbonyl (C=S) groups is 1. The molecule has 0 unspecified atom stereocenters. The first-order chi connectivity index (χ1) is 18.8. The smallest absolute Gasteiger partial charge is 0.229 e. The van der Waals surface area contributed by atoms with E-state index in [1.54, 1.807) is 19.5 Å². The summed E-state index contributed by atoms with van der Waals surface area (Å²) in [6.45, 7) is 6.30. The summed E-state index contributed by atoms with van der Waals surface area (Å²) in [7, 11) is 1.60. The van der Waals surface area contributed by atoms with Gasteiger partial charge in [-0.2, -0.15) is 0 Å². The molecule has 4 aromatic rings. The van der Waals surface area contributed by atoms with Gasteiger partial charge in [-0.25, -0.2) is 0 Å². The lowest BCUT2D eigenvalue weighted by atomic mass is 9.95. The van der Waals surface area contributed by atoms with Crippen LogP contribution in [0, 0.1) is 5.41 Å². The van der Waals surface area contributed by atoms with Crippen LogP contribution in [0.4, 0.5) is 11.4 Å². The minimum atomic E-state index is -0.537. The number of aromatic nitrogens is 3. The van der Waals surface area contributed by atoms with Gasteiger partial charge >= 0.3 is 0 Å². The van der Waals surface area contributed by atoms with Gasteiger partial charge in [0.2, 0.25) is 5.91 Å². The summed E-state index contributed by atoms with van der Waals surface area (Å²) in [4.78, 5) is 23.7. The molecule has 39 heavy (non-hydrogen) atoms. The zero-order chi connectivity index (χ0) is 27.6. The van der Waals surface area contributed by atoms with E-state index >= 15 is 0 Å². The van der Waals surface area contributed by atoms with E-state index < -0.39 is 5.41 Å². The van der Waals surface area contributed by atoms with Crippen LogP contribution in [0.25, 0.3) is 0 Å². The summed E-state index contributed by atoms with van der Waals surface area (Å²) >= 11 is 5.91. The Balaban J connectivity index is 1.56. The van der Waals surface area contributed by atoms with Crippen LogP contribution in [0.15, 0.2) is 85.5 Å². The molecule has 1 aliphatic rings. The van der Waals surface area contributed by atoms with E-state index in [4.69, 9.17) is 17.0 Å². The van der Waals surface area contributed by atoms with Crippen molar-refractivity contribution in [2.75, 3.05) is 17.3 Å². The van der Waals surface area contributed by atoms with Crippen molar-refractivity contribution < 1.29 is 9.53 Å². The maximum absolute atomic E-state index is 12.7. The van der Waals surface area contributed by atoms with Crippen molar-refractivity contribution in [3.63, 3.8) is 0 Å². The van der Waals surface area contributed by atoms with Crippen molar-refractivity contribution in [1.82, 2.24) is 19.9 Å². The van der Waals surface area contributed by atoms with Crippen LogP contribution in [0.2, 0.25) is 0 Å². The Morgan fingerprint density at radius 1 is 1.10 bits per heavy atom. The van der Waals surface area contributed by atoms with Crippen LogP contribution in [0.3, 0.4) is 0 Å². The Hall–Kier alpha value is -4.24. The molecule has 0 saturated carbocycles. The number of ether oxygens (including phenoxy) is 1. The average molecular weight is 541 g/mol. The number of pyridine rings is 2. The Morgan fingerprint density at radius 2 is 1.95 bits per heavy atom. The number of carbonyl (C=O) groups excluding carboxylic acids is 1. The highest BCUT2D eigenvalue weighted by Crippen LogP contribution is 2.43. The molecule has 5 rings (SSSR count). The zero-order valence-electron chi connectivity index (χ0n) is 22.5. The zero-order valence-corrected chi connectivity index (χ0v) is 23.3. The van der Waals surface area contributed by atoms with Crippen LogP contribution in [0.5, 0.6) is 5.75 Å². The molecule has 0 aliphatic carbocycles. The molecule has 1 aromatic carbocycles. The van der Waals surface area contributed by atoms with Crippen molar-refractivity contribution in [2.45, 2.75) is 39.4 Å². The van der Waals surface area contributed by atoms with Crippen molar-refractivity contribution in [3.05, 3.63) is 102 Å². The van der Waals surface area contributed by atoms with Gasteiger partial charge in [-0.3, -0.25) is 14.8 Å². The summed E-state index contributed by atoms with van der Waals surface area (Å²) < 4.78 is 7.92. The van der Waals surface area contributed by atoms with E-state index in [-0.39, 0.29) is 18.0 Å². The highest BCUT2D eigenvalue weighted by molar-refractivity contribution is 7.80. The van der Waals surface area contributed by atoms with Gasteiger partial charge in [-0.05, 0) is 60.2 Å². The predicted molar refractivity (Wildman–Crippen MR) is 157 cm³/mol. The Labute approximate surface area is 234 Å². The fourth-order valence-corrected chi connectivity index (χ4v) is 5.05. The van der Waals surface area contributed by atoms with Gasteiger partial charge in [0, 0.05) is 54.2 Å². The lowest BCUT2D eigenvalue weighted by molar-refractivity contribution is -0.123. The third-order valence-corrected chi connectivity index (χ3v) is 7.05. The number of benzene rings is 1. The number of hydrogen-bond acceptors (Lipinski definition) is 5. The number of nitrogens with one attached hydrogen (secondary N) is 2. The minimum absolute atomic E-state index is 0.0896. The highest BCUT2D eigenvalue weighted by Gasteiger charge is 2.42. The SMILES string of the molecule is COc1cc(N2C(=S)N[C@@H](c3ccccn3)[C@@H]2c2cccn2Cc2cccnc2)ccc1NC(=O)C(C)(C)C. The highest BCUT2D eigenvalue weighted by atomic mass is 32.1. The molecule has 4 heterocycles. The molecule has 0 radical (unpaired) electrons. The quantitative estimate of drug-likeness (QED) is 0.300. The first-order valence-corrected chi connectivity index (χ1v) is 13.2. The van der Waals surface area contributed by atoms with Gasteiger partial charge in [-0.15, -0.1) is 0 Å². The molecule has 1 aliphatic heterocycles. The molecule has 2 atom stereocenters. The van der Waals surface area contributed by atoms with Crippen LogP contribution in [-0.4, -0.2) is 32.7 Å². The molecular weight excluding hydrogens is 508 g/mol. The molecule has 0 bridgehead atoms. The molecule has 1 saturated heterocycles. The molecule has 0 spiro atoms. The third-order valence-electron chi connectivity index (χ3n) is 6.73. The van der Waals surface area contributed by atoms with E-state index in [9.17, 15) is 4.79 Å². The second-order valence-electron chi connectivity index (χ2n) is 10.5. The Bertz CT molecular complexity index is 1470. The fourth-order valence-electron chi connectivity index (χ4n) is 4.70. The van der Waals surface area contributed by atoms with Gasteiger partial charge in [0.15, 0.2) is 5.11 Å². The second kappa shape index (κ2) is 10.9. The van der Waals surface area contributed by atoms with Gasteiger partial charge < -0.3 is 24.8 Å². The maximum Gasteiger partial charge on any atom is 0.229 e. The molecule has 1 fully saturated rings. The number of rotatable bonds is 7. The van der Waals surface area contributed by atoms with E-state index in [1.807, 2.05) is 75.5 Å². The standard InChI is InChI=1S/C30H32N6O2S/c1-30(2,3)28(37)33-22-13-12-21(17-25(22)38-4)36-27(26(34-29(36)39)23-10-5-6-15-32-23)24-11-8-16-35(24)19-20-9-7-14-31-18-20/h5-18,26-27H,19H2,1-4H3,(H,33,37)(H,34,39)/t26-,27-/m0/s1. The summed E-state index contributed by atoms with van der Waals surface area (Å²) in [5.41, 5.74) is 3.98. The normalized spacial score (nSPS) is 17.1. The van der Waals surface area contributed by atoms with Gasteiger partial charge in [-0.1, -0.05) is 32.9 Å². The lowest BCUT2D eigenvalue weighted by Crippen LogP contribution is -2.31. The minimum Gasteiger partial charge on any atom is -0.494 e. The monoisotopic (exact) mass is 540 g/mol. The van der Waals surface area contributed by atoms with Gasteiger partial charge in [0.05, 0.1) is 24.5 Å². The second-order valence-corrected chi connectivity index (χ2v) is 10.9. The number of carbonyl (C=O) groups is 1. The summed E-state index contributed by atoms with van der Waals surface area (Å²) in [6, 6.07) is 19.4.